The lowest BCUT2D eigenvalue weighted by Gasteiger charge is -2.26. The number of nitrogens with zero attached hydrogens (tertiary/aromatic N) is 1. The van der Waals surface area contributed by atoms with Crippen LogP contribution in [0.4, 0.5) is 4.39 Å². The monoisotopic (exact) mass is 392 g/mol. The van der Waals surface area contributed by atoms with Crippen molar-refractivity contribution in [2.45, 2.75) is 19.6 Å². The first-order valence-corrected chi connectivity index (χ1v) is 9.76. The van der Waals surface area contributed by atoms with Gasteiger partial charge in [-0.1, -0.05) is 35.9 Å². The maximum Gasteiger partial charge on any atom is 0.131 e. The zero-order valence-corrected chi connectivity index (χ0v) is 16.2. The number of halogens is 2. The fourth-order valence-electron chi connectivity index (χ4n) is 3.09. The number of para-hydroxylation sites is 1. The van der Waals surface area contributed by atoms with Crippen molar-refractivity contribution in [3.05, 3.63) is 64.4 Å². The molecule has 0 amide bonds. The standard InChI is InChI=1S/C21H26ClFN2O2/c22-19-6-3-7-20(23)18(19)16-27-21-8-2-1-5-17(21)15-24-9-4-10-25-11-13-26-14-12-25/h1-3,5-8,24H,4,9-16H2. The molecule has 1 aliphatic heterocycles. The number of nitrogens with one attached hydrogen (secondary N) is 1. The molecule has 1 N–H and O–H groups in total. The Kier molecular flexibility index (Phi) is 7.90. The Hall–Kier alpha value is -1.66. The van der Waals surface area contributed by atoms with Crippen LogP contribution in [-0.2, 0) is 17.9 Å². The highest BCUT2D eigenvalue weighted by Crippen LogP contribution is 2.23. The van der Waals surface area contributed by atoms with Crippen LogP contribution >= 0.6 is 11.6 Å². The summed E-state index contributed by atoms with van der Waals surface area (Å²) in [7, 11) is 0. The van der Waals surface area contributed by atoms with Gasteiger partial charge < -0.3 is 14.8 Å². The van der Waals surface area contributed by atoms with Gasteiger partial charge in [-0.2, -0.15) is 0 Å². The number of benzene rings is 2. The van der Waals surface area contributed by atoms with E-state index in [-0.39, 0.29) is 12.4 Å². The molecule has 0 atom stereocenters. The summed E-state index contributed by atoms with van der Waals surface area (Å²) in [6.45, 7) is 6.56. The molecule has 0 aliphatic carbocycles. The SMILES string of the molecule is Fc1cccc(Cl)c1COc1ccccc1CNCCCN1CCOCC1. The molecular formula is C21H26ClFN2O2. The van der Waals surface area contributed by atoms with Gasteiger partial charge in [-0.3, -0.25) is 4.90 Å². The average molecular weight is 393 g/mol. The van der Waals surface area contributed by atoms with E-state index >= 15 is 0 Å². The Labute approximate surface area is 165 Å². The van der Waals surface area contributed by atoms with E-state index in [0.29, 0.717) is 17.1 Å². The van der Waals surface area contributed by atoms with Gasteiger partial charge in [-0.25, -0.2) is 4.39 Å². The average Bonchev–Trinajstić information content (AvgIpc) is 2.69. The van der Waals surface area contributed by atoms with Crippen molar-refractivity contribution in [3.63, 3.8) is 0 Å². The third-order valence-corrected chi connectivity index (χ3v) is 5.01. The molecule has 0 bridgehead atoms. The Morgan fingerprint density at radius 1 is 1.11 bits per heavy atom. The summed E-state index contributed by atoms with van der Waals surface area (Å²) in [5.74, 6) is 0.402. The molecule has 1 fully saturated rings. The Bertz CT molecular complexity index is 703. The molecule has 1 saturated heterocycles. The predicted octanol–water partition coefficient (Wildman–Crippen LogP) is 3.87. The van der Waals surface area contributed by atoms with Gasteiger partial charge in [0.05, 0.1) is 18.2 Å². The highest BCUT2D eigenvalue weighted by Gasteiger charge is 2.11. The van der Waals surface area contributed by atoms with E-state index < -0.39 is 0 Å². The summed E-state index contributed by atoms with van der Waals surface area (Å²) in [6.07, 6.45) is 1.09. The predicted molar refractivity (Wildman–Crippen MR) is 106 cm³/mol. The van der Waals surface area contributed by atoms with Crippen LogP contribution in [0.1, 0.15) is 17.5 Å². The molecule has 2 aromatic rings. The molecule has 0 spiro atoms. The van der Waals surface area contributed by atoms with Crippen LogP contribution in [0.15, 0.2) is 42.5 Å². The summed E-state index contributed by atoms with van der Waals surface area (Å²) >= 11 is 6.07. The summed E-state index contributed by atoms with van der Waals surface area (Å²) in [4.78, 5) is 2.43. The molecule has 0 unspecified atom stereocenters. The van der Waals surface area contributed by atoms with Crippen LogP contribution in [0.5, 0.6) is 5.75 Å². The molecule has 146 valence electrons. The van der Waals surface area contributed by atoms with Crippen molar-refractivity contribution in [2.75, 3.05) is 39.4 Å². The molecule has 3 rings (SSSR count). The van der Waals surface area contributed by atoms with E-state index in [2.05, 4.69) is 10.2 Å². The minimum atomic E-state index is -0.346. The molecule has 1 aliphatic rings. The van der Waals surface area contributed by atoms with E-state index in [9.17, 15) is 4.39 Å². The van der Waals surface area contributed by atoms with Crippen LogP contribution < -0.4 is 10.1 Å². The third-order valence-electron chi connectivity index (χ3n) is 4.65. The van der Waals surface area contributed by atoms with Gasteiger partial charge in [0.1, 0.15) is 18.2 Å². The Balaban J connectivity index is 1.46. The van der Waals surface area contributed by atoms with E-state index in [1.165, 1.54) is 6.07 Å². The summed E-state index contributed by atoms with van der Waals surface area (Å²) in [6, 6.07) is 12.5. The number of morpholine rings is 1. The summed E-state index contributed by atoms with van der Waals surface area (Å²) in [5, 5.41) is 3.85. The highest BCUT2D eigenvalue weighted by molar-refractivity contribution is 6.31. The second kappa shape index (κ2) is 10.6. The van der Waals surface area contributed by atoms with Crippen molar-refractivity contribution in [1.29, 1.82) is 0 Å². The molecular weight excluding hydrogens is 367 g/mol. The van der Waals surface area contributed by atoms with E-state index in [1.807, 2.05) is 24.3 Å². The zero-order chi connectivity index (χ0) is 18.9. The first-order valence-electron chi connectivity index (χ1n) is 9.38. The van der Waals surface area contributed by atoms with Gasteiger partial charge in [0.25, 0.3) is 0 Å². The lowest BCUT2D eigenvalue weighted by Crippen LogP contribution is -2.37. The van der Waals surface area contributed by atoms with Gasteiger partial charge in [0.15, 0.2) is 0 Å². The maximum absolute atomic E-state index is 13.9. The van der Waals surface area contributed by atoms with Crippen LogP contribution in [0.2, 0.25) is 5.02 Å². The number of hydrogen-bond donors (Lipinski definition) is 1. The first kappa shape index (κ1) is 20.1. The largest absolute Gasteiger partial charge is 0.488 e. The smallest absolute Gasteiger partial charge is 0.131 e. The minimum Gasteiger partial charge on any atom is -0.488 e. The van der Waals surface area contributed by atoms with Crippen molar-refractivity contribution >= 4 is 11.6 Å². The summed E-state index contributed by atoms with van der Waals surface area (Å²) < 4.78 is 25.1. The summed E-state index contributed by atoms with van der Waals surface area (Å²) in [5.41, 5.74) is 1.43. The quantitative estimate of drug-likeness (QED) is 0.657. The number of hydrogen-bond acceptors (Lipinski definition) is 4. The van der Waals surface area contributed by atoms with Gasteiger partial charge >= 0.3 is 0 Å². The van der Waals surface area contributed by atoms with Crippen molar-refractivity contribution < 1.29 is 13.9 Å². The van der Waals surface area contributed by atoms with Gasteiger partial charge in [-0.15, -0.1) is 0 Å². The highest BCUT2D eigenvalue weighted by atomic mass is 35.5. The molecule has 4 nitrogen and oxygen atoms in total. The Morgan fingerprint density at radius 3 is 2.74 bits per heavy atom. The number of ether oxygens (including phenoxy) is 2. The van der Waals surface area contributed by atoms with Gasteiger partial charge in [0, 0.05) is 30.8 Å². The van der Waals surface area contributed by atoms with Crippen molar-refractivity contribution in [2.24, 2.45) is 0 Å². The first-order chi connectivity index (χ1) is 13.2. The molecule has 2 aromatic carbocycles. The molecule has 0 radical (unpaired) electrons. The molecule has 1 heterocycles. The van der Waals surface area contributed by atoms with E-state index in [1.54, 1.807) is 12.1 Å². The van der Waals surface area contributed by atoms with Crippen LogP contribution in [0.25, 0.3) is 0 Å². The molecule has 0 saturated carbocycles. The van der Waals surface area contributed by atoms with Gasteiger partial charge in [0.2, 0.25) is 0 Å². The van der Waals surface area contributed by atoms with Crippen molar-refractivity contribution in [3.8, 4) is 5.75 Å². The van der Waals surface area contributed by atoms with E-state index in [4.69, 9.17) is 21.1 Å². The fourth-order valence-corrected chi connectivity index (χ4v) is 3.30. The molecule has 27 heavy (non-hydrogen) atoms. The normalized spacial score (nSPS) is 15.0. The lowest BCUT2D eigenvalue weighted by molar-refractivity contribution is 0.0374. The van der Waals surface area contributed by atoms with Crippen LogP contribution in [0, 0.1) is 5.82 Å². The van der Waals surface area contributed by atoms with Crippen LogP contribution in [-0.4, -0.2) is 44.3 Å². The van der Waals surface area contributed by atoms with Gasteiger partial charge in [-0.05, 0) is 37.7 Å². The third kappa shape index (κ3) is 6.18. The second-order valence-electron chi connectivity index (χ2n) is 6.58. The van der Waals surface area contributed by atoms with E-state index in [0.717, 1.165) is 57.1 Å². The minimum absolute atomic E-state index is 0.111. The lowest BCUT2D eigenvalue weighted by atomic mass is 10.2. The fraction of sp³-hybridized carbons (Fsp3) is 0.429. The second-order valence-corrected chi connectivity index (χ2v) is 6.99. The Morgan fingerprint density at radius 2 is 1.93 bits per heavy atom. The van der Waals surface area contributed by atoms with Crippen molar-refractivity contribution in [1.82, 2.24) is 10.2 Å². The topological polar surface area (TPSA) is 33.7 Å². The molecule has 0 aromatic heterocycles. The van der Waals surface area contributed by atoms with Crippen LogP contribution in [0.3, 0.4) is 0 Å². The molecule has 6 heteroatoms. The zero-order valence-electron chi connectivity index (χ0n) is 15.4. The maximum atomic E-state index is 13.9. The number of rotatable bonds is 9.